The largest absolute Gasteiger partial charge is 0.478 e. The van der Waals surface area contributed by atoms with Crippen LogP contribution in [0.1, 0.15) is 22.3 Å². The van der Waals surface area contributed by atoms with Gasteiger partial charge in [0.2, 0.25) is 0 Å². The predicted molar refractivity (Wildman–Crippen MR) is 66.8 cm³/mol. The van der Waals surface area contributed by atoms with E-state index < -0.39 is 24.5 Å². The summed E-state index contributed by atoms with van der Waals surface area (Å²) in [5.74, 6) is -3.83. The van der Waals surface area contributed by atoms with Crippen molar-refractivity contribution in [3.63, 3.8) is 0 Å². The molecule has 1 aliphatic heterocycles. The Morgan fingerprint density at radius 3 is 2.45 bits per heavy atom. The fraction of sp³-hybridized carbons (Fsp3) is 0.385. The Bertz CT molecular complexity index is 517. The van der Waals surface area contributed by atoms with Gasteiger partial charge in [-0.1, -0.05) is 12.1 Å². The van der Waals surface area contributed by atoms with E-state index in [2.05, 4.69) is 5.32 Å². The van der Waals surface area contributed by atoms with Crippen molar-refractivity contribution in [3.05, 3.63) is 35.4 Å². The third-order valence-corrected chi connectivity index (χ3v) is 3.10. The summed E-state index contributed by atoms with van der Waals surface area (Å²) < 4.78 is 25.9. The van der Waals surface area contributed by atoms with E-state index in [9.17, 15) is 18.4 Å². The van der Waals surface area contributed by atoms with Gasteiger partial charge in [-0.05, 0) is 17.7 Å². The summed E-state index contributed by atoms with van der Waals surface area (Å²) in [6, 6.07) is 5.45. The Balaban J connectivity index is 1.86. The van der Waals surface area contributed by atoms with Crippen LogP contribution in [0.5, 0.6) is 0 Å². The van der Waals surface area contributed by atoms with Gasteiger partial charge < -0.3 is 15.3 Å². The smallest absolute Gasteiger partial charge is 0.335 e. The molecule has 0 aromatic heterocycles. The molecule has 0 unspecified atom stereocenters. The normalized spacial score (nSPS) is 17.0. The molecule has 7 heteroatoms. The molecule has 1 aliphatic rings. The highest BCUT2D eigenvalue weighted by atomic mass is 19.3. The molecule has 1 aromatic rings. The molecule has 2 amide bonds. The minimum absolute atomic E-state index is 0.0385. The molecule has 0 bridgehead atoms. The first-order valence-corrected chi connectivity index (χ1v) is 6.10. The standard InChI is InChI=1S/C13H14F2N2O3/c14-13(15)5-6-17(8-13)12(20)16-7-9-1-3-10(4-2-9)11(18)19/h1-4H,5-8H2,(H,16,20)(H,18,19). The molecule has 1 aromatic carbocycles. The molecule has 0 aliphatic carbocycles. The fourth-order valence-electron chi connectivity index (χ4n) is 1.96. The van der Waals surface area contributed by atoms with Crippen molar-refractivity contribution in [2.24, 2.45) is 0 Å². The zero-order valence-corrected chi connectivity index (χ0v) is 10.6. The number of rotatable bonds is 3. The highest BCUT2D eigenvalue weighted by Crippen LogP contribution is 2.26. The van der Waals surface area contributed by atoms with Crippen molar-refractivity contribution in [1.29, 1.82) is 0 Å². The predicted octanol–water partition coefficient (Wildman–Crippen LogP) is 1.94. The van der Waals surface area contributed by atoms with Crippen LogP contribution >= 0.6 is 0 Å². The van der Waals surface area contributed by atoms with Crippen LogP contribution in [0.3, 0.4) is 0 Å². The number of carbonyl (C=O) groups excluding carboxylic acids is 1. The number of carboxylic acids is 1. The van der Waals surface area contributed by atoms with E-state index in [4.69, 9.17) is 5.11 Å². The molecule has 0 spiro atoms. The molecule has 2 rings (SSSR count). The monoisotopic (exact) mass is 284 g/mol. The maximum Gasteiger partial charge on any atom is 0.335 e. The topological polar surface area (TPSA) is 69.6 Å². The zero-order chi connectivity index (χ0) is 14.8. The van der Waals surface area contributed by atoms with Crippen molar-refractivity contribution in [1.82, 2.24) is 10.2 Å². The molecule has 0 radical (unpaired) electrons. The average molecular weight is 284 g/mol. The van der Waals surface area contributed by atoms with E-state index in [1.165, 1.54) is 12.1 Å². The number of urea groups is 1. The van der Waals surface area contributed by atoms with Crippen LogP contribution in [-0.2, 0) is 6.54 Å². The van der Waals surface area contributed by atoms with Gasteiger partial charge in [-0.3, -0.25) is 0 Å². The van der Waals surface area contributed by atoms with Gasteiger partial charge in [-0.25, -0.2) is 18.4 Å². The highest BCUT2D eigenvalue weighted by molar-refractivity contribution is 5.87. The molecular weight excluding hydrogens is 270 g/mol. The third-order valence-electron chi connectivity index (χ3n) is 3.10. The summed E-state index contributed by atoms with van der Waals surface area (Å²) in [6.45, 7) is -0.353. The molecule has 2 N–H and O–H groups in total. The minimum Gasteiger partial charge on any atom is -0.478 e. The van der Waals surface area contributed by atoms with Crippen LogP contribution in [0, 0.1) is 0 Å². The van der Waals surface area contributed by atoms with E-state index in [1.807, 2.05) is 0 Å². The molecule has 1 saturated heterocycles. The molecule has 5 nitrogen and oxygen atoms in total. The molecular formula is C13H14F2N2O3. The van der Waals surface area contributed by atoms with Gasteiger partial charge in [0.1, 0.15) is 0 Å². The van der Waals surface area contributed by atoms with Gasteiger partial charge in [-0.2, -0.15) is 0 Å². The fourth-order valence-corrected chi connectivity index (χ4v) is 1.96. The van der Waals surface area contributed by atoms with Crippen LogP contribution in [0.15, 0.2) is 24.3 Å². The Hall–Kier alpha value is -2.18. The van der Waals surface area contributed by atoms with Gasteiger partial charge in [-0.15, -0.1) is 0 Å². The van der Waals surface area contributed by atoms with Crippen LogP contribution < -0.4 is 5.32 Å². The van der Waals surface area contributed by atoms with Gasteiger partial charge in [0, 0.05) is 19.5 Å². The minimum atomic E-state index is -2.81. The summed E-state index contributed by atoms with van der Waals surface area (Å²) >= 11 is 0. The van der Waals surface area contributed by atoms with E-state index in [0.717, 1.165) is 4.90 Å². The van der Waals surface area contributed by atoms with Crippen LogP contribution in [-0.4, -0.2) is 41.0 Å². The number of alkyl halides is 2. The summed E-state index contributed by atoms with van der Waals surface area (Å²) in [5, 5.41) is 11.3. The van der Waals surface area contributed by atoms with Crippen molar-refractivity contribution in [3.8, 4) is 0 Å². The van der Waals surface area contributed by atoms with E-state index in [-0.39, 0.29) is 25.1 Å². The van der Waals surface area contributed by atoms with Crippen molar-refractivity contribution >= 4 is 12.0 Å². The van der Waals surface area contributed by atoms with Crippen LogP contribution in [0.2, 0.25) is 0 Å². The number of amides is 2. The molecule has 0 atom stereocenters. The van der Waals surface area contributed by atoms with Gasteiger partial charge in [0.05, 0.1) is 12.1 Å². The van der Waals surface area contributed by atoms with Crippen molar-refractivity contribution in [2.75, 3.05) is 13.1 Å². The maximum atomic E-state index is 13.0. The number of halogens is 2. The van der Waals surface area contributed by atoms with Crippen molar-refractivity contribution in [2.45, 2.75) is 18.9 Å². The number of carbonyl (C=O) groups is 2. The Labute approximate surface area is 114 Å². The lowest BCUT2D eigenvalue weighted by Gasteiger charge is -2.16. The number of hydrogen-bond donors (Lipinski definition) is 2. The number of hydrogen-bond acceptors (Lipinski definition) is 2. The number of nitrogens with one attached hydrogen (secondary N) is 1. The van der Waals surface area contributed by atoms with Gasteiger partial charge >= 0.3 is 12.0 Å². The lowest BCUT2D eigenvalue weighted by atomic mass is 10.1. The molecule has 20 heavy (non-hydrogen) atoms. The molecule has 1 fully saturated rings. The van der Waals surface area contributed by atoms with Gasteiger partial charge in [0.25, 0.3) is 5.92 Å². The van der Waals surface area contributed by atoms with E-state index >= 15 is 0 Å². The number of aromatic carboxylic acids is 1. The highest BCUT2D eigenvalue weighted by Gasteiger charge is 2.40. The lowest BCUT2D eigenvalue weighted by Crippen LogP contribution is -2.39. The Morgan fingerprint density at radius 2 is 1.95 bits per heavy atom. The summed E-state index contributed by atoms with van der Waals surface area (Å²) in [4.78, 5) is 23.4. The second-order valence-corrected chi connectivity index (χ2v) is 4.69. The molecule has 108 valence electrons. The SMILES string of the molecule is O=C(O)c1ccc(CNC(=O)N2CCC(F)(F)C2)cc1. The number of benzene rings is 1. The van der Waals surface area contributed by atoms with Crippen molar-refractivity contribution < 1.29 is 23.5 Å². The second kappa shape index (κ2) is 5.44. The zero-order valence-electron chi connectivity index (χ0n) is 10.6. The average Bonchev–Trinajstić information content (AvgIpc) is 2.77. The quantitative estimate of drug-likeness (QED) is 0.891. The number of carboxylic acid groups (broad SMARTS) is 1. The number of likely N-dealkylation sites (tertiary alicyclic amines) is 1. The Kier molecular flexibility index (Phi) is 3.87. The van der Waals surface area contributed by atoms with Gasteiger partial charge in [0.15, 0.2) is 0 Å². The molecule has 1 heterocycles. The third kappa shape index (κ3) is 3.43. The first-order chi connectivity index (χ1) is 9.37. The summed E-state index contributed by atoms with van der Waals surface area (Å²) in [5.41, 5.74) is 0.855. The Morgan fingerprint density at radius 1 is 1.30 bits per heavy atom. The molecule has 0 saturated carbocycles. The summed E-state index contributed by atoms with van der Waals surface area (Å²) in [6.07, 6.45) is -0.312. The first kappa shape index (κ1) is 14.2. The maximum absolute atomic E-state index is 13.0. The van der Waals surface area contributed by atoms with Crippen LogP contribution in [0.4, 0.5) is 13.6 Å². The lowest BCUT2D eigenvalue weighted by molar-refractivity contribution is 0.0153. The van der Waals surface area contributed by atoms with E-state index in [1.54, 1.807) is 12.1 Å². The first-order valence-electron chi connectivity index (χ1n) is 6.10. The van der Waals surface area contributed by atoms with E-state index in [0.29, 0.717) is 5.56 Å². The second-order valence-electron chi connectivity index (χ2n) is 4.69. The van der Waals surface area contributed by atoms with Crippen LogP contribution in [0.25, 0.3) is 0 Å². The summed E-state index contributed by atoms with van der Waals surface area (Å²) in [7, 11) is 0. The number of nitrogens with zero attached hydrogens (tertiary/aromatic N) is 1.